The molecule has 0 aliphatic carbocycles. The molecule has 0 aromatic heterocycles. The summed E-state index contributed by atoms with van der Waals surface area (Å²) in [5.74, 6) is -1.46. The standard InChI is InChI=1S/C19H16BrNO4/c20-15-6-8-16(9-7-15)21-11-14(10-18(21)23)19(24)25-12-17(22)13-4-2-1-3-5-13/h1-9,14H,10-12H2/t14-/m1/s1. The van der Waals surface area contributed by atoms with Gasteiger partial charge in [-0.05, 0) is 24.3 Å². The Labute approximate surface area is 153 Å². The number of anilines is 1. The predicted molar refractivity (Wildman–Crippen MR) is 96.3 cm³/mol. The van der Waals surface area contributed by atoms with E-state index in [1.54, 1.807) is 29.2 Å². The Hall–Kier alpha value is -2.47. The van der Waals surface area contributed by atoms with Crippen LogP contribution in [0.4, 0.5) is 5.69 Å². The second-order valence-corrected chi connectivity index (χ2v) is 6.69. The average molecular weight is 402 g/mol. The van der Waals surface area contributed by atoms with Crippen LogP contribution in [0.1, 0.15) is 16.8 Å². The smallest absolute Gasteiger partial charge is 0.311 e. The third-order valence-electron chi connectivity index (χ3n) is 4.04. The zero-order valence-electron chi connectivity index (χ0n) is 13.4. The van der Waals surface area contributed by atoms with Crippen LogP contribution in [0.25, 0.3) is 0 Å². The van der Waals surface area contributed by atoms with E-state index in [2.05, 4.69) is 15.9 Å². The van der Waals surface area contributed by atoms with Crippen molar-refractivity contribution >= 4 is 39.3 Å². The molecule has 0 N–H and O–H groups in total. The number of benzene rings is 2. The van der Waals surface area contributed by atoms with Gasteiger partial charge in [0.2, 0.25) is 5.91 Å². The van der Waals surface area contributed by atoms with Gasteiger partial charge >= 0.3 is 5.97 Å². The van der Waals surface area contributed by atoms with Crippen molar-refractivity contribution in [1.29, 1.82) is 0 Å². The number of ketones is 1. The SMILES string of the molecule is O=C(COC(=O)[C@@H]1CC(=O)N(c2ccc(Br)cc2)C1)c1ccccc1. The second-order valence-electron chi connectivity index (χ2n) is 5.78. The van der Waals surface area contributed by atoms with Gasteiger partial charge in [-0.25, -0.2) is 0 Å². The second kappa shape index (κ2) is 7.61. The summed E-state index contributed by atoms with van der Waals surface area (Å²) < 4.78 is 6.03. The number of nitrogens with zero attached hydrogens (tertiary/aromatic N) is 1. The lowest BCUT2D eigenvalue weighted by atomic mass is 10.1. The Morgan fingerprint density at radius 2 is 1.76 bits per heavy atom. The fraction of sp³-hybridized carbons (Fsp3) is 0.211. The molecule has 2 aromatic carbocycles. The summed E-state index contributed by atoms with van der Waals surface area (Å²) in [6.45, 7) is -0.0509. The van der Waals surface area contributed by atoms with Crippen LogP contribution in [-0.4, -0.2) is 30.8 Å². The van der Waals surface area contributed by atoms with Crippen molar-refractivity contribution in [2.24, 2.45) is 5.92 Å². The summed E-state index contributed by atoms with van der Waals surface area (Å²) in [6.07, 6.45) is 0.0917. The van der Waals surface area contributed by atoms with Crippen LogP contribution in [0.3, 0.4) is 0 Å². The molecule has 2 aromatic rings. The Morgan fingerprint density at radius 1 is 1.08 bits per heavy atom. The molecule has 6 heteroatoms. The zero-order chi connectivity index (χ0) is 17.8. The number of carbonyl (C=O) groups is 3. The van der Waals surface area contributed by atoms with Crippen molar-refractivity contribution in [3.63, 3.8) is 0 Å². The topological polar surface area (TPSA) is 63.7 Å². The number of Topliss-reactive ketones (excluding diaryl/α,β-unsaturated/α-hetero) is 1. The highest BCUT2D eigenvalue weighted by molar-refractivity contribution is 9.10. The average Bonchev–Trinajstić information content (AvgIpc) is 3.02. The number of ether oxygens (including phenoxy) is 1. The molecule has 1 heterocycles. The highest BCUT2D eigenvalue weighted by Gasteiger charge is 2.36. The molecule has 0 bridgehead atoms. The lowest BCUT2D eigenvalue weighted by Gasteiger charge is -2.16. The van der Waals surface area contributed by atoms with Crippen LogP contribution in [0.15, 0.2) is 59.1 Å². The molecule has 1 aliphatic rings. The van der Waals surface area contributed by atoms with Crippen molar-refractivity contribution in [2.45, 2.75) is 6.42 Å². The first kappa shape index (κ1) is 17.4. The van der Waals surface area contributed by atoms with Crippen molar-refractivity contribution < 1.29 is 19.1 Å². The van der Waals surface area contributed by atoms with Crippen LogP contribution in [0, 0.1) is 5.92 Å². The molecule has 1 atom stereocenters. The first-order valence-electron chi connectivity index (χ1n) is 7.85. The van der Waals surface area contributed by atoms with Crippen LogP contribution in [-0.2, 0) is 14.3 Å². The van der Waals surface area contributed by atoms with Crippen LogP contribution in [0.2, 0.25) is 0 Å². The highest BCUT2D eigenvalue weighted by Crippen LogP contribution is 2.27. The molecule has 5 nitrogen and oxygen atoms in total. The number of hydrogen-bond donors (Lipinski definition) is 0. The molecule has 1 amide bonds. The van der Waals surface area contributed by atoms with Gasteiger partial charge in [0.05, 0.1) is 5.92 Å². The Morgan fingerprint density at radius 3 is 2.44 bits per heavy atom. The molecule has 3 rings (SSSR count). The number of carbonyl (C=O) groups excluding carboxylic acids is 3. The molecular weight excluding hydrogens is 386 g/mol. The minimum absolute atomic E-state index is 0.0917. The molecule has 1 fully saturated rings. The van der Waals surface area contributed by atoms with E-state index in [9.17, 15) is 14.4 Å². The van der Waals surface area contributed by atoms with E-state index >= 15 is 0 Å². The zero-order valence-corrected chi connectivity index (χ0v) is 14.9. The number of hydrogen-bond acceptors (Lipinski definition) is 4. The Kier molecular flexibility index (Phi) is 5.28. The lowest BCUT2D eigenvalue weighted by Crippen LogP contribution is -2.27. The molecule has 128 valence electrons. The normalized spacial score (nSPS) is 16.8. The van der Waals surface area contributed by atoms with Gasteiger partial charge in [-0.1, -0.05) is 46.3 Å². The van der Waals surface area contributed by atoms with Gasteiger partial charge in [0.25, 0.3) is 0 Å². The van der Waals surface area contributed by atoms with E-state index in [0.717, 1.165) is 10.2 Å². The first-order valence-corrected chi connectivity index (χ1v) is 8.64. The van der Waals surface area contributed by atoms with E-state index in [0.29, 0.717) is 5.56 Å². The van der Waals surface area contributed by atoms with Crippen LogP contribution in [0.5, 0.6) is 0 Å². The quantitative estimate of drug-likeness (QED) is 0.569. The molecule has 1 saturated heterocycles. The van der Waals surface area contributed by atoms with Gasteiger partial charge in [0.1, 0.15) is 0 Å². The van der Waals surface area contributed by atoms with E-state index in [1.807, 2.05) is 30.3 Å². The van der Waals surface area contributed by atoms with Gasteiger partial charge in [-0.3, -0.25) is 14.4 Å². The number of amides is 1. The fourth-order valence-electron chi connectivity index (χ4n) is 2.70. The lowest BCUT2D eigenvalue weighted by molar-refractivity contribution is -0.147. The number of halogens is 1. The molecule has 1 aliphatic heterocycles. The molecule has 0 saturated carbocycles. The van der Waals surface area contributed by atoms with Gasteiger partial charge in [-0.15, -0.1) is 0 Å². The highest BCUT2D eigenvalue weighted by atomic mass is 79.9. The van der Waals surface area contributed by atoms with Crippen molar-refractivity contribution in [2.75, 3.05) is 18.1 Å². The van der Waals surface area contributed by atoms with E-state index < -0.39 is 11.9 Å². The molecule has 0 radical (unpaired) electrons. The number of rotatable bonds is 5. The largest absolute Gasteiger partial charge is 0.457 e. The van der Waals surface area contributed by atoms with Gasteiger partial charge in [0, 0.05) is 28.7 Å². The number of esters is 1. The van der Waals surface area contributed by atoms with E-state index in [4.69, 9.17) is 4.74 Å². The summed E-state index contributed by atoms with van der Waals surface area (Å²) in [4.78, 5) is 37.9. The molecular formula is C19H16BrNO4. The van der Waals surface area contributed by atoms with Crippen molar-refractivity contribution in [3.05, 3.63) is 64.6 Å². The third kappa shape index (κ3) is 4.14. The monoisotopic (exact) mass is 401 g/mol. The first-order chi connectivity index (χ1) is 12.0. The molecule has 0 spiro atoms. The maximum absolute atomic E-state index is 12.2. The van der Waals surface area contributed by atoms with Crippen LogP contribution >= 0.6 is 15.9 Å². The van der Waals surface area contributed by atoms with Gasteiger partial charge < -0.3 is 9.64 Å². The fourth-order valence-corrected chi connectivity index (χ4v) is 2.96. The molecule has 0 unspecified atom stereocenters. The minimum Gasteiger partial charge on any atom is -0.457 e. The predicted octanol–water partition coefficient (Wildman–Crippen LogP) is 3.23. The third-order valence-corrected chi connectivity index (χ3v) is 4.57. The van der Waals surface area contributed by atoms with E-state index in [-0.39, 0.29) is 31.3 Å². The summed E-state index contributed by atoms with van der Waals surface area (Å²) in [7, 11) is 0. The van der Waals surface area contributed by atoms with E-state index in [1.165, 1.54) is 0 Å². The summed E-state index contributed by atoms with van der Waals surface area (Å²) in [5.41, 5.74) is 1.23. The summed E-state index contributed by atoms with van der Waals surface area (Å²) in [6, 6.07) is 16.0. The van der Waals surface area contributed by atoms with Gasteiger partial charge in [-0.2, -0.15) is 0 Å². The molecule has 25 heavy (non-hydrogen) atoms. The van der Waals surface area contributed by atoms with Crippen molar-refractivity contribution in [3.8, 4) is 0 Å². The summed E-state index contributed by atoms with van der Waals surface area (Å²) >= 11 is 3.35. The maximum Gasteiger partial charge on any atom is 0.311 e. The summed E-state index contributed by atoms with van der Waals surface area (Å²) in [5, 5.41) is 0. The van der Waals surface area contributed by atoms with Gasteiger partial charge in [0.15, 0.2) is 12.4 Å². The van der Waals surface area contributed by atoms with Crippen molar-refractivity contribution in [1.82, 2.24) is 0 Å². The maximum atomic E-state index is 12.2. The minimum atomic E-state index is -0.556. The van der Waals surface area contributed by atoms with Crippen LogP contribution < -0.4 is 4.90 Å². The Bertz CT molecular complexity index is 789. The Balaban J connectivity index is 1.57.